The Morgan fingerprint density at radius 3 is 1.44 bits per heavy atom. The first-order chi connectivity index (χ1) is 28.3. The molecular weight excluding hydrogens is 691 g/mol. The summed E-state index contributed by atoms with van der Waals surface area (Å²) in [5.41, 5.74) is 12.1. The van der Waals surface area contributed by atoms with E-state index in [-0.39, 0.29) is 0 Å². The van der Waals surface area contributed by atoms with Gasteiger partial charge >= 0.3 is 0 Å². The highest BCUT2D eigenvalue weighted by atomic mass is 15.0. The van der Waals surface area contributed by atoms with Crippen molar-refractivity contribution in [2.24, 2.45) is 0 Å². The molecule has 0 N–H and O–H groups in total. The number of rotatable bonds is 4. The summed E-state index contributed by atoms with van der Waals surface area (Å²) in [6.45, 7) is 0. The highest BCUT2D eigenvalue weighted by molar-refractivity contribution is 6.23. The summed E-state index contributed by atoms with van der Waals surface area (Å²) in [7, 11) is 0. The highest BCUT2D eigenvalue weighted by Crippen LogP contribution is 2.41. The van der Waals surface area contributed by atoms with Crippen LogP contribution < -0.4 is 0 Å². The van der Waals surface area contributed by atoms with Crippen LogP contribution in [0.5, 0.6) is 0 Å². The Balaban J connectivity index is 1.00. The van der Waals surface area contributed by atoms with Gasteiger partial charge in [-0.15, -0.1) is 0 Å². The lowest BCUT2D eigenvalue weighted by Gasteiger charge is -2.16. The quantitative estimate of drug-likeness (QED) is 0.169. The second-order valence-corrected chi connectivity index (χ2v) is 14.9. The van der Waals surface area contributed by atoms with Crippen LogP contribution in [0.1, 0.15) is 0 Å². The molecule has 0 radical (unpaired) electrons. The molecule has 0 atom stereocenters. The van der Waals surface area contributed by atoms with E-state index in [1.807, 2.05) is 6.20 Å². The smallest absolute Gasteiger partial charge is 0.0979 e. The lowest BCUT2D eigenvalue weighted by Crippen LogP contribution is -1.96. The first-order valence-corrected chi connectivity index (χ1v) is 19.5. The summed E-state index contributed by atoms with van der Waals surface area (Å²) in [5, 5.41) is 12.1. The minimum Gasteiger partial charge on any atom is -0.309 e. The SMILES string of the molecule is c1cc(-c2cnc3c4ccccc4c4ccccc4c3n2)cc(-c2cccc3c(-c4cccc5c(-n6c7ccccc7c7ccccc76)cccc45)cccc23)c1. The van der Waals surface area contributed by atoms with Gasteiger partial charge in [0, 0.05) is 32.5 Å². The van der Waals surface area contributed by atoms with Gasteiger partial charge < -0.3 is 4.57 Å². The van der Waals surface area contributed by atoms with Gasteiger partial charge in [0.15, 0.2) is 0 Å². The average molecular weight is 724 g/mol. The Labute approximate surface area is 328 Å². The molecule has 0 saturated heterocycles. The van der Waals surface area contributed by atoms with Gasteiger partial charge in [0.2, 0.25) is 0 Å². The Morgan fingerprint density at radius 1 is 0.316 bits per heavy atom. The van der Waals surface area contributed by atoms with Crippen LogP contribution >= 0.6 is 0 Å². The third-order valence-electron chi connectivity index (χ3n) is 11.8. The molecule has 10 aromatic carbocycles. The average Bonchev–Trinajstić information content (AvgIpc) is 3.62. The van der Waals surface area contributed by atoms with E-state index >= 15 is 0 Å². The van der Waals surface area contributed by atoms with E-state index in [1.165, 1.54) is 76.5 Å². The van der Waals surface area contributed by atoms with E-state index in [1.54, 1.807) is 0 Å². The Bertz CT molecular complexity index is 3510. The summed E-state index contributed by atoms with van der Waals surface area (Å²) in [6.07, 6.45) is 1.93. The van der Waals surface area contributed by atoms with Crippen molar-refractivity contribution >= 4 is 75.9 Å². The lowest BCUT2D eigenvalue weighted by atomic mass is 9.90. The molecule has 0 aliphatic rings. The number of hydrogen-bond acceptors (Lipinski definition) is 2. The van der Waals surface area contributed by atoms with Crippen molar-refractivity contribution in [1.82, 2.24) is 14.5 Å². The number of hydrogen-bond donors (Lipinski definition) is 0. The summed E-state index contributed by atoms with van der Waals surface area (Å²) in [4.78, 5) is 10.3. The van der Waals surface area contributed by atoms with Gasteiger partial charge in [-0.05, 0) is 73.5 Å². The van der Waals surface area contributed by atoms with E-state index < -0.39 is 0 Å². The molecule has 0 bridgehead atoms. The maximum atomic E-state index is 5.30. The molecule has 3 heteroatoms. The molecule has 264 valence electrons. The topological polar surface area (TPSA) is 30.7 Å². The minimum atomic E-state index is 0.862. The fourth-order valence-corrected chi connectivity index (χ4v) is 9.31. The van der Waals surface area contributed by atoms with Crippen molar-refractivity contribution in [2.45, 2.75) is 0 Å². The fourth-order valence-electron chi connectivity index (χ4n) is 9.31. The first kappa shape index (κ1) is 31.7. The molecular formula is C54H33N3. The monoisotopic (exact) mass is 723 g/mol. The minimum absolute atomic E-state index is 0.862. The van der Waals surface area contributed by atoms with E-state index in [4.69, 9.17) is 9.97 Å². The molecule has 0 saturated carbocycles. The maximum Gasteiger partial charge on any atom is 0.0979 e. The molecule has 0 aliphatic heterocycles. The normalized spacial score (nSPS) is 11.9. The number of nitrogens with zero attached hydrogens (tertiary/aromatic N) is 3. The fraction of sp³-hybridized carbons (Fsp3) is 0. The van der Waals surface area contributed by atoms with Crippen molar-refractivity contribution in [1.29, 1.82) is 0 Å². The third kappa shape index (κ3) is 4.79. The maximum absolute atomic E-state index is 5.30. The van der Waals surface area contributed by atoms with E-state index in [9.17, 15) is 0 Å². The van der Waals surface area contributed by atoms with Gasteiger partial charge in [0.25, 0.3) is 0 Å². The van der Waals surface area contributed by atoms with Gasteiger partial charge in [-0.1, -0.05) is 170 Å². The van der Waals surface area contributed by atoms with Gasteiger partial charge in [0.1, 0.15) is 0 Å². The van der Waals surface area contributed by atoms with Crippen molar-refractivity contribution < 1.29 is 0 Å². The van der Waals surface area contributed by atoms with Crippen molar-refractivity contribution in [2.75, 3.05) is 0 Å². The van der Waals surface area contributed by atoms with E-state index in [0.717, 1.165) is 38.6 Å². The molecule has 2 heterocycles. The zero-order valence-electron chi connectivity index (χ0n) is 30.9. The Kier molecular flexibility index (Phi) is 6.93. The van der Waals surface area contributed by atoms with Crippen LogP contribution in [-0.4, -0.2) is 14.5 Å². The zero-order chi connectivity index (χ0) is 37.5. The number of para-hydroxylation sites is 2. The molecule has 0 unspecified atom stereocenters. The standard InChI is InChI=1S/C54H33N3/c1-3-20-47-42(16-1)43-17-2-4-21-48(43)54-53(47)55-33-49(56-54)35-15-9-14-34(32-35)36-22-10-24-38-37(36)23-11-25-39(38)40-26-12-28-44-41(40)27-13-31-52(44)57-50-29-7-5-18-45(50)46-19-6-8-30-51(46)57/h1-33H. The second-order valence-electron chi connectivity index (χ2n) is 14.9. The van der Waals surface area contributed by atoms with E-state index in [2.05, 4.69) is 199 Å². The van der Waals surface area contributed by atoms with Crippen LogP contribution in [0.2, 0.25) is 0 Å². The first-order valence-electron chi connectivity index (χ1n) is 19.5. The predicted molar refractivity (Wildman–Crippen MR) is 240 cm³/mol. The van der Waals surface area contributed by atoms with Crippen molar-refractivity contribution in [3.05, 3.63) is 200 Å². The van der Waals surface area contributed by atoms with Gasteiger partial charge in [0.05, 0.1) is 39.6 Å². The molecule has 12 rings (SSSR count). The predicted octanol–water partition coefficient (Wildman–Crippen LogP) is 14.3. The van der Waals surface area contributed by atoms with Crippen LogP contribution in [-0.2, 0) is 0 Å². The summed E-state index contributed by atoms with van der Waals surface area (Å²) < 4.78 is 2.43. The zero-order valence-corrected chi connectivity index (χ0v) is 30.9. The second kappa shape index (κ2) is 12.5. The molecule has 12 aromatic rings. The molecule has 0 aliphatic carbocycles. The van der Waals surface area contributed by atoms with Crippen molar-refractivity contribution in [3.8, 4) is 39.2 Å². The van der Waals surface area contributed by atoms with Gasteiger partial charge in [-0.2, -0.15) is 0 Å². The molecule has 2 aromatic heterocycles. The summed E-state index contributed by atoms with van der Waals surface area (Å²) in [5.74, 6) is 0. The van der Waals surface area contributed by atoms with Crippen LogP contribution in [0.3, 0.4) is 0 Å². The van der Waals surface area contributed by atoms with Crippen LogP contribution in [0.15, 0.2) is 200 Å². The molecule has 0 amide bonds. The van der Waals surface area contributed by atoms with Crippen LogP contribution in [0.4, 0.5) is 0 Å². The van der Waals surface area contributed by atoms with Crippen LogP contribution in [0, 0.1) is 0 Å². The summed E-state index contributed by atoms with van der Waals surface area (Å²) >= 11 is 0. The molecule has 0 fully saturated rings. The van der Waals surface area contributed by atoms with Crippen molar-refractivity contribution in [3.63, 3.8) is 0 Å². The lowest BCUT2D eigenvalue weighted by molar-refractivity contribution is 1.20. The number of benzene rings is 10. The molecule has 57 heavy (non-hydrogen) atoms. The Morgan fingerprint density at radius 2 is 0.772 bits per heavy atom. The largest absolute Gasteiger partial charge is 0.309 e. The Hall–Kier alpha value is -7.62. The molecule has 0 spiro atoms. The molecule has 3 nitrogen and oxygen atoms in total. The van der Waals surface area contributed by atoms with Gasteiger partial charge in [-0.3, -0.25) is 4.98 Å². The highest BCUT2D eigenvalue weighted by Gasteiger charge is 2.17. The van der Waals surface area contributed by atoms with E-state index in [0.29, 0.717) is 0 Å². The van der Waals surface area contributed by atoms with Gasteiger partial charge in [-0.25, -0.2) is 4.98 Å². The third-order valence-corrected chi connectivity index (χ3v) is 11.8. The number of fused-ring (bicyclic) bond motifs is 11. The van der Waals surface area contributed by atoms with Crippen LogP contribution in [0.25, 0.3) is 115 Å². The summed E-state index contributed by atoms with van der Waals surface area (Å²) in [6, 6.07) is 70.1. The number of aromatic nitrogens is 3.